The number of hydrogen-bond acceptors (Lipinski definition) is 6. The summed E-state index contributed by atoms with van der Waals surface area (Å²) in [4.78, 5) is 14.4. The van der Waals surface area contributed by atoms with Crippen LogP contribution in [0.25, 0.3) is 6.08 Å². The number of amides is 1. The van der Waals surface area contributed by atoms with E-state index in [9.17, 15) is 13.2 Å². The fourth-order valence-electron chi connectivity index (χ4n) is 2.47. The van der Waals surface area contributed by atoms with Crippen molar-refractivity contribution in [1.82, 2.24) is 4.90 Å². The van der Waals surface area contributed by atoms with Gasteiger partial charge in [0.2, 0.25) is 0 Å². The maximum atomic E-state index is 12.4. The second-order valence-corrected chi connectivity index (χ2v) is 9.23. The monoisotopic (exact) mass is 431 g/mol. The zero-order chi connectivity index (χ0) is 20.3. The molecule has 0 saturated carbocycles. The molecule has 1 aliphatic rings. The molecular formula is C20H17NO4S3. The Labute approximate surface area is 173 Å². The molecule has 1 aliphatic heterocycles. The predicted molar refractivity (Wildman–Crippen MR) is 116 cm³/mol. The molecule has 1 amide bonds. The van der Waals surface area contributed by atoms with Crippen LogP contribution < -0.4 is 4.18 Å². The molecule has 28 heavy (non-hydrogen) atoms. The number of aryl methyl sites for hydroxylation is 1. The molecule has 0 atom stereocenters. The van der Waals surface area contributed by atoms with E-state index in [2.05, 4.69) is 6.58 Å². The van der Waals surface area contributed by atoms with Crippen molar-refractivity contribution >= 4 is 50.4 Å². The van der Waals surface area contributed by atoms with Crippen molar-refractivity contribution in [3.63, 3.8) is 0 Å². The van der Waals surface area contributed by atoms with Crippen molar-refractivity contribution in [1.29, 1.82) is 0 Å². The lowest BCUT2D eigenvalue weighted by Gasteiger charge is -2.10. The van der Waals surface area contributed by atoms with Gasteiger partial charge in [0.05, 0.1) is 4.91 Å². The molecule has 0 bridgehead atoms. The molecule has 2 aromatic rings. The molecule has 0 spiro atoms. The van der Waals surface area contributed by atoms with Crippen LogP contribution in [-0.2, 0) is 14.9 Å². The van der Waals surface area contributed by atoms with Crippen LogP contribution in [0.1, 0.15) is 11.1 Å². The van der Waals surface area contributed by atoms with Crippen LogP contribution in [0.3, 0.4) is 0 Å². The Morgan fingerprint density at radius 3 is 2.61 bits per heavy atom. The molecule has 0 aliphatic carbocycles. The zero-order valence-corrected chi connectivity index (χ0v) is 17.4. The summed E-state index contributed by atoms with van der Waals surface area (Å²) in [7, 11) is -3.94. The summed E-state index contributed by atoms with van der Waals surface area (Å²) in [5.74, 6) is -0.0376. The van der Waals surface area contributed by atoms with Gasteiger partial charge in [-0.05, 0) is 42.8 Å². The maximum absolute atomic E-state index is 12.4. The quantitative estimate of drug-likeness (QED) is 0.296. The fraction of sp³-hybridized carbons (Fsp3) is 0.100. The molecule has 0 N–H and O–H groups in total. The fourth-order valence-corrected chi connectivity index (χ4v) is 4.67. The molecule has 8 heteroatoms. The number of carbonyl (C=O) groups excluding carboxylic acids is 1. The molecule has 1 heterocycles. The molecule has 1 fully saturated rings. The van der Waals surface area contributed by atoms with Crippen LogP contribution in [0.4, 0.5) is 0 Å². The van der Waals surface area contributed by atoms with Gasteiger partial charge in [0.1, 0.15) is 15.0 Å². The number of benzene rings is 2. The summed E-state index contributed by atoms with van der Waals surface area (Å²) in [6.45, 7) is 5.84. The minimum absolute atomic E-state index is 0.0776. The number of carbonyl (C=O) groups is 1. The average molecular weight is 432 g/mol. The lowest BCUT2D eigenvalue weighted by molar-refractivity contribution is -0.121. The van der Waals surface area contributed by atoms with Gasteiger partial charge in [-0.15, -0.1) is 6.58 Å². The molecule has 0 aromatic heterocycles. The van der Waals surface area contributed by atoms with Crippen LogP contribution >= 0.6 is 24.0 Å². The highest BCUT2D eigenvalue weighted by atomic mass is 32.2. The third-order valence-electron chi connectivity index (χ3n) is 3.86. The summed E-state index contributed by atoms with van der Waals surface area (Å²) in [5, 5.41) is 0. The van der Waals surface area contributed by atoms with Gasteiger partial charge in [0.15, 0.2) is 0 Å². The van der Waals surface area contributed by atoms with Crippen molar-refractivity contribution < 1.29 is 17.4 Å². The van der Waals surface area contributed by atoms with E-state index in [4.69, 9.17) is 16.4 Å². The standard InChI is InChI=1S/C20H17NO4S3/c1-3-11-21-19(22)18(27-20(21)26)13-15-5-4-6-16(12-15)25-28(23,24)17-9-7-14(2)8-10-17/h3-10,12-13H,1,11H2,2H3/b18-13-. The van der Waals surface area contributed by atoms with Gasteiger partial charge in [-0.25, -0.2) is 0 Å². The minimum atomic E-state index is -3.94. The summed E-state index contributed by atoms with van der Waals surface area (Å²) in [5.41, 5.74) is 1.59. The Hall–Kier alpha value is -2.42. The Morgan fingerprint density at radius 2 is 1.93 bits per heavy atom. The second kappa shape index (κ2) is 8.30. The van der Waals surface area contributed by atoms with Gasteiger partial charge in [0.25, 0.3) is 5.91 Å². The van der Waals surface area contributed by atoms with Crippen LogP contribution in [0.5, 0.6) is 5.75 Å². The van der Waals surface area contributed by atoms with E-state index in [0.29, 0.717) is 21.3 Å². The normalized spacial score (nSPS) is 15.9. The smallest absolute Gasteiger partial charge is 0.339 e. The Bertz CT molecular complexity index is 1070. The van der Waals surface area contributed by atoms with Crippen molar-refractivity contribution in [3.8, 4) is 5.75 Å². The molecular weight excluding hydrogens is 414 g/mol. The van der Waals surface area contributed by atoms with Crippen molar-refractivity contribution in [2.75, 3.05) is 6.54 Å². The van der Waals surface area contributed by atoms with E-state index < -0.39 is 10.1 Å². The highest BCUT2D eigenvalue weighted by Gasteiger charge is 2.31. The third kappa shape index (κ3) is 4.52. The van der Waals surface area contributed by atoms with Gasteiger partial charge >= 0.3 is 10.1 Å². The highest BCUT2D eigenvalue weighted by Crippen LogP contribution is 2.33. The van der Waals surface area contributed by atoms with Crippen LogP contribution in [0.2, 0.25) is 0 Å². The van der Waals surface area contributed by atoms with E-state index in [0.717, 1.165) is 5.56 Å². The topological polar surface area (TPSA) is 63.7 Å². The number of thiocarbonyl (C=S) groups is 1. The van der Waals surface area contributed by atoms with Gasteiger partial charge in [0, 0.05) is 6.54 Å². The maximum Gasteiger partial charge on any atom is 0.339 e. The number of rotatable bonds is 6. The molecule has 1 saturated heterocycles. The van der Waals surface area contributed by atoms with E-state index in [1.807, 2.05) is 6.92 Å². The van der Waals surface area contributed by atoms with Gasteiger partial charge < -0.3 is 4.18 Å². The zero-order valence-electron chi connectivity index (χ0n) is 15.0. The summed E-state index contributed by atoms with van der Waals surface area (Å²) < 4.78 is 30.6. The second-order valence-electron chi connectivity index (χ2n) is 6.00. The third-order valence-corrected chi connectivity index (χ3v) is 6.50. The lowest BCUT2D eigenvalue weighted by atomic mass is 10.2. The number of nitrogens with zero attached hydrogens (tertiary/aromatic N) is 1. The van der Waals surface area contributed by atoms with E-state index in [1.165, 1.54) is 28.8 Å². The Balaban J connectivity index is 1.83. The first-order valence-electron chi connectivity index (χ1n) is 8.27. The molecule has 0 unspecified atom stereocenters. The van der Waals surface area contributed by atoms with Crippen molar-refractivity contribution in [3.05, 3.63) is 77.2 Å². The SMILES string of the molecule is C=CCN1C(=O)/C(=C/c2cccc(OS(=O)(=O)c3ccc(C)cc3)c2)SC1=S. The molecule has 5 nitrogen and oxygen atoms in total. The highest BCUT2D eigenvalue weighted by molar-refractivity contribution is 8.26. The number of hydrogen-bond donors (Lipinski definition) is 0. The van der Waals surface area contributed by atoms with Crippen LogP contribution in [0.15, 0.2) is 71.0 Å². The number of thioether (sulfide) groups is 1. The molecule has 144 valence electrons. The first-order chi connectivity index (χ1) is 13.3. The summed E-state index contributed by atoms with van der Waals surface area (Å²) in [6.07, 6.45) is 3.27. The van der Waals surface area contributed by atoms with Crippen LogP contribution in [-0.4, -0.2) is 30.1 Å². The lowest BCUT2D eigenvalue weighted by Crippen LogP contribution is -2.27. The van der Waals surface area contributed by atoms with E-state index >= 15 is 0 Å². The van der Waals surface area contributed by atoms with Gasteiger partial charge in [-0.1, -0.05) is 59.9 Å². The van der Waals surface area contributed by atoms with Crippen LogP contribution in [0, 0.1) is 6.92 Å². The first kappa shape index (κ1) is 20.3. The predicted octanol–water partition coefficient (Wildman–Crippen LogP) is 4.15. The first-order valence-corrected chi connectivity index (χ1v) is 10.9. The van der Waals surface area contributed by atoms with E-state index in [1.54, 1.807) is 48.6 Å². The largest absolute Gasteiger partial charge is 0.379 e. The van der Waals surface area contributed by atoms with Crippen molar-refractivity contribution in [2.24, 2.45) is 0 Å². The van der Waals surface area contributed by atoms with E-state index in [-0.39, 0.29) is 16.6 Å². The molecule has 2 aromatic carbocycles. The molecule has 0 radical (unpaired) electrons. The average Bonchev–Trinajstić information content (AvgIpc) is 2.90. The Kier molecular flexibility index (Phi) is 6.02. The van der Waals surface area contributed by atoms with Crippen molar-refractivity contribution in [2.45, 2.75) is 11.8 Å². The summed E-state index contributed by atoms with van der Waals surface area (Å²) >= 11 is 6.41. The minimum Gasteiger partial charge on any atom is -0.379 e. The summed E-state index contributed by atoms with van der Waals surface area (Å²) in [6, 6.07) is 12.9. The molecule has 3 rings (SSSR count). The van der Waals surface area contributed by atoms with Gasteiger partial charge in [-0.3, -0.25) is 9.69 Å². The Morgan fingerprint density at radius 1 is 1.21 bits per heavy atom. The van der Waals surface area contributed by atoms with Gasteiger partial charge in [-0.2, -0.15) is 8.42 Å².